The number of tetrazole rings is 1. The maximum atomic E-state index is 13.0. The van der Waals surface area contributed by atoms with Crippen molar-refractivity contribution in [3.05, 3.63) is 41.0 Å². The summed E-state index contributed by atoms with van der Waals surface area (Å²) in [5.41, 5.74) is -0.955. The first-order chi connectivity index (χ1) is 8.97. The fraction of sp³-hybridized carbons (Fsp3) is 0.300. The highest BCUT2D eigenvalue weighted by atomic mass is 19.4. The molecule has 1 heterocycles. The predicted molar refractivity (Wildman–Crippen MR) is 56.1 cm³/mol. The molecule has 2 rings (SSSR count). The summed E-state index contributed by atoms with van der Waals surface area (Å²) in [6.07, 6.45) is -4.70. The lowest BCUT2D eigenvalue weighted by atomic mass is 10.1. The fourth-order valence-corrected chi connectivity index (χ4v) is 1.48. The largest absolute Gasteiger partial charge is 0.419 e. The number of rotatable bonds is 4. The van der Waals surface area contributed by atoms with E-state index < -0.39 is 17.6 Å². The molecule has 0 spiro atoms. The van der Waals surface area contributed by atoms with E-state index in [9.17, 15) is 17.6 Å². The van der Waals surface area contributed by atoms with Crippen LogP contribution < -0.4 is 5.32 Å². The second kappa shape index (κ2) is 5.31. The standard InChI is InChI=1S/C10H9F4N5/c11-8-2-1-6(3-7(8)10(12,13)14)4-15-5-9-16-18-19-17-9/h1-3,15H,4-5H2,(H,16,17,18,19). The van der Waals surface area contributed by atoms with E-state index in [1.54, 1.807) is 0 Å². The Bertz CT molecular complexity index is 537. The van der Waals surface area contributed by atoms with Gasteiger partial charge in [-0.25, -0.2) is 4.39 Å². The Hall–Kier alpha value is -2.03. The van der Waals surface area contributed by atoms with Crippen molar-refractivity contribution in [2.24, 2.45) is 0 Å². The van der Waals surface area contributed by atoms with Gasteiger partial charge in [-0.05, 0) is 17.7 Å². The molecule has 0 amide bonds. The van der Waals surface area contributed by atoms with Crippen molar-refractivity contribution in [1.82, 2.24) is 25.9 Å². The van der Waals surface area contributed by atoms with Crippen molar-refractivity contribution in [3.8, 4) is 0 Å². The summed E-state index contributed by atoms with van der Waals surface area (Å²) in [7, 11) is 0. The average molecular weight is 275 g/mol. The molecule has 0 bridgehead atoms. The van der Waals surface area contributed by atoms with Crippen LogP contribution in [-0.2, 0) is 19.3 Å². The fourth-order valence-electron chi connectivity index (χ4n) is 1.48. The topological polar surface area (TPSA) is 66.5 Å². The minimum atomic E-state index is -4.70. The van der Waals surface area contributed by atoms with Gasteiger partial charge in [0.05, 0.1) is 12.1 Å². The van der Waals surface area contributed by atoms with E-state index in [0.29, 0.717) is 11.4 Å². The molecule has 0 saturated carbocycles. The third kappa shape index (κ3) is 3.47. The number of hydrogen-bond acceptors (Lipinski definition) is 4. The Labute approximate surface area is 105 Å². The monoisotopic (exact) mass is 275 g/mol. The van der Waals surface area contributed by atoms with Crippen LogP contribution >= 0.6 is 0 Å². The van der Waals surface area contributed by atoms with Gasteiger partial charge >= 0.3 is 6.18 Å². The lowest BCUT2D eigenvalue weighted by molar-refractivity contribution is -0.140. The summed E-state index contributed by atoms with van der Waals surface area (Å²) in [5, 5.41) is 15.7. The van der Waals surface area contributed by atoms with Crippen LogP contribution in [0.3, 0.4) is 0 Å². The van der Waals surface area contributed by atoms with Crippen molar-refractivity contribution in [2.75, 3.05) is 0 Å². The van der Waals surface area contributed by atoms with Gasteiger partial charge in [0.15, 0.2) is 5.82 Å². The predicted octanol–water partition coefficient (Wildman–Crippen LogP) is 1.65. The van der Waals surface area contributed by atoms with Gasteiger partial charge < -0.3 is 5.32 Å². The second-order valence-corrected chi connectivity index (χ2v) is 3.74. The molecule has 0 aliphatic heterocycles. The first-order valence-electron chi connectivity index (χ1n) is 5.25. The van der Waals surface area contributed by atoms with Crippen molar-refractivity contribution in [3.63, 3.8) is 0 Å². The molecule has 1 aromatic heterocycles. The van der Waals surface area contributed by atoms with Gasteiger partial charge in [0, 0.05) is 6.54 Å². The van der Waals surface area contributed by atoms with E-state index in [1.165, 1.54) is 6.07 Å². The number of aromatic amines is 1. The zero-order chi connectivity index (χ0) is 13.9. The maximum Gasteiger partial charge on any atom is 0.419 e. The summed E-state index contributed by atoms with van der Waals surface area (Å²) < 4.78 is 50.5. The molecule has 0 radical (unpaired) electrons. The van der Waals surface area contributed by atoms with E-state index in [4.69, 9.17) is 0 Å². The molecule has 5 nitrogen and oxygen atoms in total. The molecule has 0 fully saturated rings. The van der Waals surface area contributed by atoms with E-state index in [0.717, 1.165) is 12.1 Å². The zero-order valence-electron chi connectivity index (χ0n) is 9.50. The van der Waals surface area contributed by atoms with Crippen LogP contribution in [0, 0.1) is 5.82 Å². The number of H-pyrrole nitrogens is 1. The molecule has 0 aliphatic carbocycles. The first-order valence-corrected chi connectivity index (χ1v) is 5.25. The van der Waals surface area contributed by atoms with Crippen LogP contribution in [0.1, 0.15) is 17.0 Å². The number of nitrogens with zero attached hydrogens (tertiary/aromatic N) is 3. The lowest BCUT2D eigenvalue weighted by Crippen LogP contribution is -2.15. The third-order valence-corrected chi connectivity index (χ3v) is 2.34. The van der Waals surface area contributed by atoms with Crippen LogP contribution in [0.4, 0.5) is 17.6 Å². The molecule has 0 aliphatic rings. The van der Waals surface area contributed by atoms with Gasteiger partial charge in [-0.1, -0.05) is 11.3 Å². The zero-order valence-corrected chi connectivity index (χ0v) is 9.50. The van der Waals surface area contributed by atoms with Gasteiger partial charge in [-0.3, -0.25) is 0 Å². The minimum Gasteiger partial charge on any atom is -0.306 e. The Kier molecular flexibility index (Phi) is 3.74. The maximum absolute atomic E-state index is 13.0. The van der Waals surface area contributed by atoms with Crippen LogP contribution in [0.25, 0.3) is 0 Å². The van der Waals surface area contributed by atoms with Crippen LogP contribution in [0.2, 0.25) is 0 Å². The average Bonchev–Trinajstić information content (AvgIpc) is 2.83. The number of benzene rings is 1. The Morgan fingerprint density at radius 1 is 1.21 bits per heavy atom. The van der Waals surface area contributed by atoms with Crippen molar-refractivity contribution in [1.29, 1.82) is 0 Å². The smallest absolute Gasteiger partial charge is 0.306 e. The highest BCUT2D eigenvalue weighted by Crippen LogP contribution is 2.31. The highest BCUT2D eigenvalue weighted by molar-refractivity contribution is 5.27. The molecule has 0 atom stereocenters. The molecular weight excluding hydrogens is 266 g/mol. The number of alkyl halides is 3. The normalized spacial score (nSPS) is 11.8. The summed E-state index contributed by atoms with van der Waals surface area (Å²) in [6, 6.07) is 2.86. The van der Waals surface area contributed by atoms with E-state index in [-0.39, 0.29) is 13.1 Å². The van der Waals surface area contributed by atoms with Crippen LogP contribution in [0.5, 0.6) is 0 Å². The first kappa shape index (κ1) is 13.4. The summed E-state index contributed by atoms with van der Waals surface area (Å²) in [4.78, 5) is 0. The van der Waals surface area contributed by atoms with Gasteiger partial charge in [-0.2, -0.15) is 18.4 Å². The van der Waals surface area contributed by atoms with Gasteiger partial charge in [0.2, 0.25) is 0 Å². The molecule has 0 unspecified atom stereocenters. The number of halogens is 4. The molecule has 19 heavy (non-hydrogen) atoms. The number of nitrogens with one attached hydrogen (secondary N) is 2. The van der Waals surface area contributed by atoms with Crippen molar-refractivity contribution in [2.45, 2.75) is 19.3 Å². The molecule has 2 N–H and O–H groups in total. The Morgan fingerprint density at radius 2 is 2.00 bits per heavy atom. The van der Waals surface area contributed by atoms with Gasteiger partial charge in [0.1, 0.15) is 5.82 Å². The van der Waals surface area contributed by atoms with E-state index in [1.807, 2.05) is 0 Å². The van der Waals surface area contributed by atoms with E-state index in [2.05, 4.69) is 25.9 Å². The Balaban J connectivity index is 2.01. The molecule has 0 saturated heterocycles. The summed E-state index contributed by atoms with van der Waals surface area (Å²) in [6.45, 7) is 0.382. The molecule has 2 aromatic rings. The molecule has 1 aromatic carbocycles. The lowest BCUT2D eigenvalue weighted by Gasteiger charge is -2.10. The van der Waals surface area contributed by atoms with E-state index >= 15 is 0 Å². The SMILES string of the molecule is Fc1ccc(CNCc2nn[nH]n2)cc1C(F)(F)F. The van der Waals surface area contributed by atoms with Crippen molar-refractivity contribution < 1.29 is 17.6 Å². The van der Waals surface area contributed by atoms with Crippen molar-refractivity contribution >= 4 is 0 Å². The second-order valence-electron chi connectivity index (χ2n) is 3.74. The highest BCUT2D eigenvalue weighted by Gasteiger charge is 2.34. The summed E-state index contributed by atoms with van der Waals surface area (Å²) >= 11 is 0. The molecule has 9 heteroatoms. The van der Waals surface area contributed by atoms with Crippen LogP contribution in [0.15, 0.2) is 18.2 Å². The molecule has 102 valence electrons. The van der Waals surface area contributed by atoms with Gasteiger partial charge in [0.25, 0.3) is 0 Å². The summed E-state index contributed by atoms with van der Waals surface area (Å²) in [5.74, 6) is -0.896. The molecular formula is C10H9F4N5. The number of aromatic nitrogens is 4. The Morgan fingerprint density at radius 3 is 2.63 bits per heavy atom. The third-order valence-electron chi connectivity index (χ3n) is 2.34. The van der Waals surface area contributed by atoms with Crippen LogP contribution in [-0.4, -0.2) is 20.6 Å². The van der Waals surface area contributed by atoms with Gasteiger partial charge in [-0.15, -0.1) is 10.2 Å². The quantitative estimate of drug-likeness (QED) is 0.833. The number of hydrogen-bond donors (Lipinski definition) is 2. The minimum absolute atomic E-state index is 0.137.